The molecule has 0 spiro atoms. The SMILES string of the molecule is CNC(C)c1ccc(N(C)C(C)CO)nc1. The highest BCUT2D eigenvalue weighted by Crippen LogP contribution is 2.16. The smallest absolute Gasteiger partial charge is 0.128 e. The van der Waals surface area contributed by atoms with Crippen LogP contribution in [0.2, 0.25) is 0 Å². The molecule has 0 radical (unpaired) electrons. The van der Waals surface area contributed by atoms with Crippen molar-refractivity contribution < 1.29 is 5.11 Å². The van der Waals surface area contributed by atoms with Crippen LogP contribution in [0.3, 0.4) is 0 Å². The zero-order valence-electron chi connectivity index (χ0n) is 10.4. The van der Waals surface area contributed by atoms with Crippen molar-refractivity contribution in [1.82, 2.24) is 10.3 Å². The summed E-state index contributed by atoms with van der Waals surface area (Å²) in [5, 5.41) is 12.2. The van der Waals surface area contributed by atoms with Crippen molar-refractivity contribution in [3.05, 3.63) is 23.9 Å². The first-order chi connectivity index (χ1) is 7.60. The summed E-state index contributed by atoms with van der Waals surface area (Å²) in [5.74, 6) is 0.883. The number of anilines is 1. The van der Waals surface area contributed by atoms with Crippen LogP contribution in [-0.2, 0) is 0 Å². The number of aromatic nitrogens is 1. The Morgan fingerprint density at radius 3 is 2.56 bits per heavy atom. The quantitative estimate of drug-likeness (QED) is 0.787. The van der Waals surface area contributed by atoms with E-state index >= 15 is 0 Å². The van der Waals surface area contributed by atoms with Crippen LogP contribution in [0, 0.1) is 0 Å². The predicted molar refractivity (Wildman–Crippen MR) is 66.7 cm³/mol. The van der Waals surface area contributed by atoms with Crippen molar-refractivity contribution in [3.63, 3.8) is 0 Å². The molecule has 0 aromatic carbocycles. The molecule has 0 saturated carbocycles. The summed E-state index contributed by atoms with van der Waals surface area (Å²) in [4.78, 5) is 6.36. The summed E-state index contributed by atoms with van der Waals surface area (Å²) in [6, 6.07) is 4.43. The molecule has 0 aliphatic rings. The normalized spacial score (nSPS) is 14.6. The van der Waals surface area contributed by atoms with E-state index in [1.807, 2.05) is 38.2 Å². The number of aliphatic hydroxyl groups is 1. The topological polar surface area (TPSA) is 48.4 Å². The Hall–Kier alpha value is -1.13. The first kappa shape index (κ1) is 12.9. The van der Waals surface area contributed by atoms with E-state index < -0.39 is 0 Å². The van der Waals surface area contributed by atoms with Gasteiger partial charge in [-0.1, -0.05) is 6.07 Å². The van der Waals surface area contributed by atoms with Gasteiger partial charge in [-0.2, -0.15) is 0 Å². The van der Waals surface area contributed by atoms with E-state index in [0.717, 1.165) is 11.4 Å². The summed E-state index contributed by atoms with van der Waals surface area (Å²) in [5.41, 5.74) is 1.16. The van der Waals surface area contributed by atoms with Crippen molar-refractivity contribution in [3.8, 4) is 0 Å². The second kappa shape index (κ2) is 5.82. The maximum Gasteiger partial charge on any atom is 0.128 e. The molecule has 0 amide bonds. The van der Waals surface area contributed by atoms with Gasteiger partial charge in [0.15, 0.2) is 0 Å². The summed E-state index contributed by atoms with van der Waals surface area (Å²) in [7, 11) is 3.86. The maximum atomic E-state index is 9.07. The van der Waals surface area contributed by atoms with Crippen molar-refractivity contribution >= 4 is 5.82 Å². The minimum atomic E-state index is 0.0834. The molecule has 0 fully saturated rings. The number of pyridine rings is 1. The Morgan fingerprint density at radius 1 is 1.44 bits per heavy atom. The van der Waals surface area contributed by atoms with Gasteiger partial charge in [0.05, 0.1) is 12.6 Å². The Morgan fingerprint density at radius 2 is 2.12 bits per heavy atom. The Balaban J connectivity index is 2.78. The van der Waals surface area contributed by atoms with Gasteiger partial charge >= 0.3 is 0 Å². The molecule has 2 atom stereocenters. The number of likely N-dealkylation sites (N-methyl/N-ethyl adjacent to an activating group) is 1. The lowest BCUT2D eigenvalue weighted by atomic mass is 10.1. The lowest BCUT2D eigenvalue weighted by Gasteiger charge is -2.24. The number of hydrogen-bond acceptors (Lipinski definition) is 4. The van der Waals surface area contributed by atoms with Gasteiger partial charge in [-0.25, -0.2) is 4.98 Å². The monoisotopic (exact) mass is 223 g/mol. The molecule has 2 N–H and O–H groups in total. The van der Waals surface area contributed by atoms with E-state index in [2.05, 4.69) is 23.3 Å². The van der Waals surface area contributed by atoms with Gasteiger partial charge in [0.25, 0.3) is 0 Å². The lowest BCUT2D eigenvalue weighted by Crippen LogP contribution is -2.32. The van der Waals surface area contributed by atoms with Crippen molar-refractivity contribution in [2.45, 2.75) is 25.9 Å². The fourth-order valence-electron chi connectivity index (χ4n) is 1.38. The van der Waals surface area contributed by atoms with Crippen molar-refractivity contribution in [2.24, 2.45) is 0 Å². The average Bonchev–Trinajstić information content (AvgIpc) is 2.36. The van der Waals surface area contributed by atoms with Crippen LogP contribution in [0.15, 0.2) is 18.3 Å². The number of hydrogen-bond donors (Lipinski definition) is 2. The van der Waals surface area contributed by atoms with Crippen molar-refractivity contribution in [2.75, 3.05) is 25.6 Å². The highest BCUT2D eigenvalue weighted by atomic mass is 16.3. The number of nitrogens with zero attached hydrogens (tertiary/aromatic N) is 2. The molecule has 1 aromatic rings. The molecule has 1 aromatic heterocycles. The molecule has 0 aliphatic heterocycles. The zero-order chi connectivity index (χ0) is 12.1. The Bertz CT molecular complexity index is 313. The first-order valence-corrected chi connectivity index (χ1v) is 5.57. The molecular formula is C12H21N3O. The molecule has 0 bridgehead atoms. The molecule has 2 unspecified atom stereocenters. The molecular weight excluding hydrogens is 202 g/mol. The van der Waals surface area contributed by atoms with Gasteiger partial charge in [0.2, 0.25) is 0 Å². The largest absolute Gasteiger partial charge is 0.394 e. The predicted octanol–water partition coefficient (Wildman–Crippen LogP) is 1.18. The Labute approximate surface area is 97.3 Å². The fourth-order valence-corrected chi connectivity index (χ4v) is 1.38. The number of nitrogens with one attached hydrogen (secondary N) is 1. The van der Waals surface area contributed by atoms with Gasteiger partial charge in [-0.3, -0.25) is 0 Å². The highest BCUT2D eigenvalue weighted by molar-refractivity contribution is 5.39. The molecule has 16 heavy (non-hydrogen) atoms. The lowest BCUT2D eigenvalue weighted by molar-refractivity contribution is 0.270. The molecule has 0 aliphatic carbocycles. The van der Waals surface area contributed by atoms with E-state index in [-0.39, 0.29) is 12.6 Å². The second-order valence-electron chi connectivity index (χ2n) is 4.10. The maximum absolute atomic E-state index is 9.07. The van der Waals surface area contributed by atoms with Crippen LogP contribution < -0.4 is 10.2 Å². The van der Waals surface area contributed by atoms with Crippen LogP contribution in [0.25, 0.3) is 0 Å². The number of aliphatic hydroxyl groups excluding tert-OH is 1. The van der Waals surface area contributed by atoms with Crippen LogP contribution in [0.5, 0.6) is 0 Å². The first-order valence-electron chi connectivity index (χ1n) is 5.57. The third-order valence-electron chi connectivity index (χ3n) is 2.99. The van der Waals surface area contributed by atoms with Gasteiger partial charge in [0.1, 0.15) is 5.82 Å². The minimum Gasteiger partial charge on any atom is -0.394 e. The van der Waals surface area contributed by atoms with Gasteiger partial charge < -0.3 is 15.3 Å². The fraction of sp³-hybridized carbons (Fsp3) is 0.583. The van der Waals surface area contributed by atoms with Crippen LogP contribution in [-0.4, -0.2) is 36.8 Å². The van der Waals surface area contributed by atoms with E-state index in [1.54, 1.807) is 0 Å². The standard InChI is InChI=1S/C12H21N3O/c1-9(8-16)15(4)12-6-5-11(7-14-12)10(2)13-3/h5-7,9-10,13,16H,8H2,1-4H3. The summed E-state index contributed by atoms with van der Waals surface area (Å²) in [6.07, 6.45) is 1.87. The molecule has 0 saturated heterocycles. The van der Waals surface area contributed by atoms with Gasteiger partial charge in [-0.15, -0.1) is 0 Å². The summed E-state index contributed by atoms with van der Waals surface area (Å²) < 4.78 is 0. The minimum absolute atomic E-state index is 0.0834. The average molecular weight is 223 g/mol. The van der Waals surface area contributed by atoms with Gasteiger partial charge in [-0.05, 0) is 32.5 Å². The van der Waals surface area contributed by atoms with Crippen LogP contribution in [0.1, 0.15) is 25.5 Å². The third-order valence-corrected chi connectivity index (χ3v) is 2.99. The highest BCUT2D eigenvalue weighted by Gasteiger charge is 2.10. The summed E-state index contributed by atoms with van der Waals surface area (Å²) in [6.45, 7) is 4.19. The molecule has 90 valence electrons. The van der Waals surface area contributed by atoms with E-state index in [1.165, 1.54) is 0 Å². The summed E-state index contributed by atoms with van der Waals surface area (Å²) >= 11 is 0. The van der Waals surface area contributed by atoms with E-state index in [9.17, 15) is 0 Å². The zero-order valence-corrected chi connectivity index (χ0v) is 10.4. The third kappa shape index (κ3) is 2.93. The van der Waals surface area contributed by atoms with E-state index in [4.69, 9.17) is 5.11 Å². The van der Waals surface area contributed by atoms with Gasteiger partial charge in [0, 0.05) is 19.3 Å². The van der Waals surface area contributed by atoms with E-state index in [0.29, 0.717) is 6.04 Å². The molecule has 4 nitrogen and oxygen atoms in total. The van der Waals surface area contributed by atoms with Crippen molar-refractivity contribution in [1.29, 1.82) is 0 Å². The van der Waals surface area contributed by atoms with Crippen LogP contribution in [0.4, 0.5) is 5.82 Å². The molecule has 4 heteroatoms. The number of rotatable bonds is 5. The molecule has 1 rings (SSSR count). The van der Waals surface area contributed by atoms with Crippen LogP contribution >= 0.6 is 0 Å². The Kier molecular flexibility index (Phi) is 4.71. The molecule has 1 heterocycles. The second-order valence-corrected chi connectivity index (χ2v) is 4.10.